The largest absolute Gasteiger partial charge is 0.479 e. The molecule has 6 rings (SSSR count). The molecule has 0 saturated heterocycles. The first kappa shape index (κ1) is 41.1. The van der Waals surface area contributed by atoms with Crippen LogP contribution in [-0.4, -0.2) is 71.1 Å². The lowest BCUT2D eigenvalue weighted by Crippen LogP contribution is -2.59. The lowest BCUT2D eigenvalue weighted by atomic mass is 9.83. The summed E-state index contributed by atoms with van der Waals surface area (Å²) in [6.45, 7) is 1.07. The van der Waals surface area contributed by atoms with Crippen molar-refractivity contribution in [3.63, 3.8) is 0 Å². The maximum Gasteiger partial charge on any atom is 0.330 e. The molecule has 14 heteroatoms. The minimum absolute atomic E-state index is 0.00932. The molecule has 3 unspecified atom stereocenters. The number of aryl methyl sites for hydroxylation is 1. The number of fused-ring (bicyclic) bond motifs is 10. The smallest absolute Gasteiger partial charge is 0.330 e. The highest BCUT2D eigenvalue weighted by Crippen LogP contribution is 2.28. The number of amides is 5. The molecule has 0 radical (unpaired) electrons. The van der Waals surface area contributed by atoms with Crippen LogP contribution in [0, 0.1) is 5.92 Å². The number of hydrogen-bond donors (Lipinski definition) is 6. The summed E-state index contributed by atoms with van der Waals surface area (Å²) in [5.41, 5.74) is 1.89. The van der Waals surface area contributed by atoms with Gasteiger partial charge in [0.05, 0.1) is 12.6 Å². The fourth-order valence-electron chi connectivity index (χ4n) is 7.05. The number of carbonyl (C=O) groups is 7. The van der Waals surface area contributed by atoms with E-state index in [0.29, 0.717) is 35.5 Å². The number of hydrogen-bond acceptors (Lipinski definition) is 8. The Kier molecular flexibility index (Phi) is 14.7. The molecule has 5 amide bonds. The van der Waals surface area contributed by atoms with Crippen molar-refractivity contribution in [1.29, 1.82) is 0 Å². The molecule has 1 aliphatic carbocycles. The first-order valence-electron chi connectivity index (χ1n) is 19.2. The molecule has 1 saturated carbocycles. The Labute approximate surface area is 325 Å². The Bertz CT molecular complexity index is 1880. The molecule has 6 N–H and O–H groups in total. The van der Waals surface area contributed by atoms with E-state index in [-0.39, 0.29) is 31.1 Å². The van der Waals surface area contributed by atoms with E-state index in [1.54, 1.807) is 49.4 Å². The van der Waals surface area contributed by atoms with Crippen molar-refractivity contribution in [3.8, 4) is 11.5 Å². The predicted octanol–water partition coefficient (Wildman–Crippen LogP) is 3.43. The Morgan fingerprint density at radius 2 is 1.55 bits per heavy atom. The summed E-state index contributed by atoms with van der Waals surface area (Å²) < 4.78 is 6.07. The highest BCUT2D eigenvalue weighted by molar-refractivity contribution is 6.38. The Morgan fingerprint density at radius 1 is 0.821 bits per heavy atom. The van der Waals surface area contributed by atoms with Gasteiger partial charge in [0, 0.05) is 12.8 Å². The van der Waals surface area contributed by atoms with Crippen LogP contribution in [0.15, 0.2) is 78.9 Å². The second-order valence-corrected chi connectivity index (χ2v) is 14.2. The van der Waals surface area contributed by atoms with E-state index in [9.17, 15) is 38.7 Å². The third kappa shape index (κ3) is 11.7. The Morgan fingerprint density at radius 3 is 2.25 bits per heavy atom. The molecule has 0 spiro atoms. The highest BCUT2D eigenvalue weighted by atomic mass is 16.5. The van der Waals surface area contributed by atoms with E-state index < -0.39 is 66.1 Å². The zero-order valence-electron chi connectivity index (χ0n) is 31.4. The van der Waals surface area contributed by atoms with E-state index >= 15 is 0 Å². The van der Waals surface area contributed by atoms with Crippen LogP contribution >= 0.6 is 0 Å². The Balaban J connectivity index is 1.33. The summed E-state index contributed by atoms with van der Waals surface area (Å²) in [5.74, 6) is -4.92. The molecular weight excluding hydrogens is 718 g/mol. The number of aliphatic carboxylic acids is 1. The number of nitrogens with one attached hydrogen (secondary N) is 5. The number of Topliss-reactive ketones (excluding diaryl/α,β-unsaturated/α-hetero) is 1. The van der Waals surface area contributed by atoms with Gasteiger partial charge in [0.15, 0.2) is 6.04 Å². The minimum atomic E-state index is -1.38. The summed E-state index contributed by atoms with van der Waals surface area (Å²) in [4.78, 5) is 92.4. The second kappa shape index (κ2) is 20.0. The molecule has 3 aromatic rings. The zero-order chi connectivity index (χ0) is 40.0. The number of benzene rings is 3. The van der Waals surface area contributed by atoms with E-state index in [4.69, 9.17) is 4.74 Å². The van der Waals surface area contributed by atoms with E-state index in [0.717, 1.165) is 37.7 Å². The van der Waals surface area contributed by atoms with Crippen molar-refractivity contribution in [2.24, 2.45) is 5.92 Å². The van der Waals surface area contributed by atoms with Gasteiger partial charge in [0.1, 0.15) is 23.6 Å². The SMILES string of the molecule is CCCC(NC(=O)C1Cc2cccc(c2)Oc2ccc(cc2)CCC(=O)N[C@@H](C2CCCCC2)C(=O)N1)C(=O)C(=O)NCC(=O)NC(C(=O)O)c1ccccc1. The van der Waals surface area contributed by atoms with Crippen LogP contribution in [0.25, 0.3) is 0 Å². The second-order valence-electron chi connectivity index (χ2n) is 14.2. The number of carbonyl (C=O) groups excluding carboxylic acids is 6. The number of carboxylic acid groups (broad SMARTS) is 1. The van der Waals surface area contributed by atoms with Gasteiger partial charge >= 0.3 is 5.97 Å². The molecule has 3 aromatic carbocycles. The summed E-state index contributed by atoms with van der Waals surface area (Å²) >= 11 is 0. The molecule has 56 heavy (non-hydrogen) atoms. The fraction of sp³-hybridized carbons (Fsp3) is 0.405. The van der Waals surface area contributed by atoms with Crippen molar-refractivity contribution in [3.05, 3.63) is 95.6 Å². The minimum Gasteiger partial charge on any atom is -0.479 e. The maximum atomic E-state index is 14.1. The summed E-state index contributed by atoms with van der Waals surface area (Å²) in [6.07, 6.45) is 5.38. The van der Waals surface area contributed by atoms with Gasteiger partial charge in [-0.2, -0.15) is 0 Å². The molecule has 2 heterocycles. The van der Waals surface area contributed by atoms with Gasteiger partial charge < -0.3 is 36.4 Å². The van der Waals surface area contributed by atoms with Crippen LogP contribution in [0.2, 0.25) is 0 Å². The third-order valence-electron chi connectivity index (χ3n) is 10.0. The lowest BCUT2D eigenvalue weighted by Gasteiger charge is -2.31. The molecule has 3 aliphatic rings. The summed E-state index contributed by atoms with van der Waals surface area (Å²) in [5, 5.41) is 22.6. The van der Waals surface area contributed by atoms with Crippen LogP contribution in [0.3, 0.4) is 0 Å². The van der Waals surface area contributed by atoms with Crippen LogP contribution in [0.5, 0.6) is 11.5 Å². The van der Waals surface area contributed by atoms with Crippen molar-refractivity contribution < 1.29 is 43.4 Å². The number of ether oxygens (including phenoxy) is 1. The average Bonchev–Trinajstić information content (AvgIpc) is 3.20. The lowest BCUT2D eigenvalue weighted by molar-refractivity contribution is -0.142. The molecular formula is C42H49N5O9. The van der Waals surface area contributed by atoms with Crippen LogP contribution < -0.4 is 31.3 Å². The molecule has 0 aromatic heterocycles. The highest BCUT2D eigenvalue weighted by Gasteiger charge is 2.35. The van der Waals surface area contributed by atoms with Gasteiger partial charge in [-0.15, -0.1) is 0 Å². The number of ketones is 1. The van der Waals surface area contributed by atoms with Gasteiger partial charge in [-0.3, -0.25) is 28.8 Å². The quantitative estimate of drug-likeness (QED) is 0.149. The monoisotopic (exact) mass is 767 g/mol. The summed E-state index contributed by atoms with van der Waals surface area (Å²) in [7, 11) is 0. The first-order valence-corrected chi connectivity index (χ1v) is 19.2. The van der Waals surface area contributed by atoms with E-state index in [1.165, 1.54) is 12.1 Å². The van der Waals surface area contributed by atoms with Gasteiger partial charge in [0.2, 0.25) is 29.4 Å². The van der Waals surface area contributed by atoms with Crippen molar-refractivity contribution in [1.82, 2.24) is 26.6 Å². The normalized spacial score (nSPS) is 18.8. The molecule has 2 aliphatic heterocycles. The van der Waals surface area contributed by atoms with Crippen LogP contribution in [-0.2, 0) is 46.4 Å². The third-order valence-corrected chi connectivity index (χ3v) is 10.0. The Hall–Kier alpha value is -6.05. The molecule has 4 atom stereocenters. The first-order chi connectivity index (χ1) is 27.0. The van der Waals surface area contributed by atoms with Crippen LogP contribution in [0.1, 0.15) is 81.0 Å². The van der Waals surface area contributed by atoms with Crippen LogP contribution in [0.4, 0.5) is 0 Å². The number of carboxylic acids is 1. The zero-order valence-corrected chi connectivity index (χ0v) is 31.4. The molecule has 14 nitrogen and oxygen atoms in total. The summed E-state index contributed by atoms with van der Waals surface area (Å²) in [6, 6.07) is 17.7. The van der Waals surface area contributed by atoms with Crippen molar-refractivity contribution >= 4 is 41.3 Å². The van der Waals surface area contributed by atoms with E-state index in [2.05, 4.69) is 26.6 Å². The molecule has 4 bridgehead atoms. The maximum absolute atomic E-state index is 14.1. The topological polar surface area (TPSA) is 209 Å². The fourth-order valence-corrected chi connectivity index (χ4v) is 7.05. The molecule has 1 fully saturated rings. The standard InChI is InChI=1S/C42H49N5O9/c1-2-10-32(38(50)41(53)43-25-35(49)47-37(42(54)55)29-14-7-4-8-15-29)44-39(51)33-24-27-11-9-16-31(23-27)56-30-20-17-26(18-21-30)19-22-34(48)46-36(40(52)45-33)28-12-5-3-6-13-28/h4,7-9,11,14-18,20-21,23,28,32-33,36-37H,2-3,5-6,10,12-13,19,22,24-25H2,1H3,(H,43,53)(H,44,51)(H,45,52)(H,46,48)(H,47,49)(H,54,55)/t32?,33?,36-,37?/m0/s1. The van der Waals surface area contributed by atoms with Gasteiger partial charge in [-0.05, 0) is 72.6 Å². The molecule has 296 valence electrons. The van der Waals surface area contributed by atoms with Crippen molar-refractivity contribution in [2.45, 2.75) is 95.3 Å². The predicted molar refractivity (Wildman–Crippen MR) is 205 cm³/mol. The number of rotatable bonds is 12. The van der Waals surface area contributed by atoms with Gasteiger partial charge in [0.25, 0.3) is 5.91 Å². The van der Waals surface area contributed by atoms with Gasteiger partial charge in [-0.25, -0.2) is 4.79 Å². The van der Waals surface area contributed by atoms with Crippen molar-refractivity contribution in [2.75, 3.05) is 6.54 Å². The van der Waals surface area contributed by atoms with E-state index in [1.807, 2.05) is 24.3 Å². The van der Waals surface area contributed by atoms with Gasteiger partial charge in [-0.1, -0.05) is 87.2 Å². The average molecular weight is 768 g/mol.